The molecule has 0 amide bonds. The minimum Gasteiger partial charge on any atom is -0.383 e. The number of nitrogens with zero attached hydrogens (tertiary/aromatic N) is 6. The van der Waals surface area contributed by atoms with Crippen LogP contribution in [-0.4, -0.2) is 43.4 Å². The van der Waals surface area contributed by atoms with E-state index in [1.165, 1.54) is 11.8 Å². The summed E-state index contributed by atoms with van der Waals surface area (Å²) in [6, 6.07) is 21.9. The second-order valence-corrected chi connectivity index (χ2v) is 7.98. The maximum Gasteiger partial charge on any atom is 0.197 e. The first-order valence-corrected chi connectivity index (χ1v) is 11.0. The Morgan fingerprint density at radius 1 is 0.844 bits per heavy atom. The van der Waals surface area contributed by atoms with Crippen molar-refractivity contribution in [3.8, 4) is 22.8 Å². The monoisotopic (exact) mass is 440 g/mol. The fourth-order valence-electron chi connectivity index (χ4n) is 3.39. The molecule has 3 aromatic heterocycles. The van der Waals surface area contributed by atoms with Crippen LogP contribution in [0.25, 0.3) is 33.7 Å². The van der Waals surface area contributed by atoms with Crippen LogP contribution < -0.4 is 0 Å². The van der Waals surface area contributed by atoms with E-state index in [-0.39, 0.29) is 0 Å². The van der Waals surface area contributed by atoms with Gasteiger partial charge in [0.25, 0.3) is 0 Å². The van der Waals surface area contributed by atoms with Crippen molar-refractivity contribution in [2.24, 2.45) is 0 Å². The number of fused-ring (bicyclic) bond motifs is 1. The summed E-state index contributed by atoms with van der Waals surface area (Å²) in [5, 5.41) is 11.5. The molecule has 7 nitrogen and oxygen atoms in total. The molecule has 158 valence electrons. The van der Waals surface area contributed by atoms with Crippen LogP contribution in [0.2, 0.25) is 0 Å². The van der Waals surface area contributed by atoms with E-state index in [0.717, 1.165) is 38.0 Å². The van der Waals surface area contributed by atoms with Crippen LogP contribution in [0.15, 0.2) is 89.3 Å². The van der Waals surface area contributed by atoms with Crippen molar-refractivity contribution in [3.63, 3.8) is 0 Å². The number of rotatable bonds is 7. The molecule has 0 spiro atoms. The fraction of sp³-hybridized carbons (Fsp3) is 0.125. The minimum absolute atomic E-state index is 0.545. The first-order valence-electron chi connectivity index (χ1n) is 10.2. The Bertz CT molecular complexity index is 1340. The average Bonchev–Trinajstić information content (AvgIpc) is 3.26. The molecule has 0 saturated carbocycles. The van der Waals surface area contributed by atoms with Crippen LogP contribution in [0.3, 0.4) is 0 Å². The summed E-state index contributed by atoms with van der Waals surface area (Å²) in [4.78, 5) is 13.8. The van der Waals surface area contributed by atoms with E-state index in [1.807, 2.05) is 66.7 Å². The van der Waals surface area contributed by atoms with Crippen molar-refractivity contribution in [2.75, 3.05) is 13.7 Å². The second kappa shape index (κ2) is 9.25. The van der Waals surface area contributed by atoms with Crippen LogP contribution in [-0.2, 0) is 11.3 Å². The van der Waals surface area contributed by atoms with Crippen LogP contribution in [0.4, 0.5) is 0 Å². The summed E-state index contributed by atoms with van der Waals surface area (Å²) in [5.74, 6) is 1.46. The van der Waals surface area contributed by atoms with Gasteiger partial charge in [-0.15, -0.1) is 10.2 Å². The molecule has 0 N–H and O–H groups in total. The molecule has 0 fully saturated rings. The van der Waals surface area contributed by atoms with Gasteiger partial charge in [0.2, 0.25) is 0 Å². The van der Waals surface area contributed by atoms with E-state index in [1.54, 1.807) is 19.5 Å². The Balaban J connectivity index is 1.61. The molecular weight excluding hydrogens is 420 g/mol. The molecule has 32 heavy (non-hydrogen) atoms. The molecule has 0 radical (unpaired) electrons. The lowest BCUT2D eigenvalue weighted by Crippen LogP contribution is -2.07. The molecule has 0 aliphatic rings. The molecule has 0 saturated heterocycles. The van der Waals surface area contributed by atoms with E-state index in [9.17, 15) is 0 Å². The fourth-order valence-corrected chi connectivity index (χ4v) is 4.35. The third-order valence-electron chi connectivity index (χ3n) is 4.96. The number of hydrogen-bond acceptors (Lipinski definition) is 7. The Hall–Kier alpha value is -3.62. The summed E-state index contributed by atoms with van der Waals surface area (Å²) < 4.78 is 7.39. The van der Waals surface area contributed by atoms with Crippen molar-refractivity contribution in [3.05, 3.63) is 79.1 Å². The average molecular weight is 441 g/mol. The smallest absolute Gasteiger partial charge is 0.197 e. The van der Waals surface area contributed by atoms with Crippen LogP contribution in [0, 0.1) is 0 Å². The number of benzene rings is 2. The van der Waals surface area contributed by atoms with Crippen LogP contribution in [0.5, 0.6) is 0 Å². The van der Waals surface area contributed by atoms with Gasteiger partial charge in [-0.25, -0.2) is 9.97 Å². The van der Waals surface area contributed by atoms with Gasteiger partial charge in [0.1, 0.15) is 5.03 Å². The van der Waals surface area contributed by atoms with Gasteiger partial charge >= 0.3 is 0 Å². The highest BCUT2D eigenvalue weighted by Crippen LogP contribution is 2.34. The van der Waals surface area contributed by atoms with Gasteiger partial charge in [0.05, 0.1) is 18.7 Å². The highest BCUT2D eigenvalue weighted by molar-refractivity contribution is 7.99. The zero-order chi connectivity index (χ0) is 21.8. The van der Waals surface area contributed by atoms with Gasteiger partial charge in [0.15, 0.2) is 16.8 Å². The largest absolute Gasteiger partial charge is 0.383 e. The van der Waals surface area contributed by atoms with Gasteiger partial charge in [-0.1, -0.05) is 48.5 Å². The topological polar surface area (TPSA) is 78.6 Å². The maximum atomic E-state index is 5.33. The summed E-state index contributed by atoms with van der Waals surface area (Å²) in [6.45, 7) is 1.17. The molecular formula is C24H20N6OS. The molecule has 5 rings (SSSR count). The first kappa shape index (κ1) is 20.3. The normalized spacial score (nSPS) is 11.2. The number of aromatic nitrogens is 6. The molecule has 2 aromatic carbocycles. The van der Waals surface area contributed by atoms with Gasteiger partial charge in [-0.2, -0.15) is 0 Å². The highest BCUT2D eigenvalue weighted by Gasteiger charge is 2.18. The van der Waals surface area contributed by atoms with E-state index in [2.05, 4.69) is 19.7 Å². The summed E-state index contributed by atoms with van der Waals surface area (Å²) in [6.07, 6.45) is 3.50. The number of hydrogen-bond donors (Lipinski definition) is 0. The second-order valence-electron chi connectivity index (χ2n) is 7.02. The molecule has 0 atom stereocenters. The molecule has 3 heterocycles. The van der Waals surface area contributed by atoms with Crippen molar-refractivity contribution in [1.82, 2.24) is 29.7 Å². The van der Waals surface area contributed by atoms with Gasteiger partial charge in [0, 0.05) is 36.0 Å². The third kappa shape index (κ3) is 4.10. The SMILES string of the molecule is COCCn1c(Sc2nc(-c3ccccc3)nc3ccccc23)nnc1-c1ccncc1. The Labute approximate surface area is 189 Å². The predicted molar refractivity (Wildman–Crippen MR) is 124 cm³/mol. The number of ether oxygens (including phenoxy) is 1. The zero-order valence-electron chi connectivity index (χ0n) is 17.4. The summed E-state index contributed by atoms with van der Waals surface area (Å²) in [5.41, 5.74) is 2.81. The molecule has 8 heteroatoms. The van der Waals surface area contributed by atoms with E-state index in [4.69, 9.17) is 14.7 Å². The van der Waals surface area contributed by atoms with Gasteiger partial charge in [-0.3, -0.25) is 9.55 Å². The van der Waals surface area contributed by atoms with Crippen molar-refractivity contribution in [1.29, 1.82) is 0 Å². The van der Waals surface area contributed by atoms with Crippen LogP contribution >= 0.6 is 11.8 Å². The zero-order valence-corrected chi connectivity index (χ0v) is 18.2. The van der Waals surface area contributed by atoms with Crippen molar-refractivity contribution in [2.45, 2.75) is 16.7 Å². The number of pyridine rings is 1. The van der Waals surface area contributed by atoms with E-state index >= 15 is 0 Å². The first-order chi connectivity index (χ1) is 15.8. The van der Waals surface area contributed by atoms with Crippen molar-refractivity contribution < 1.29 is 4.74 Å². The third-order valence-corrected chi connectivity index (χ3v) is 5.95. The van der Waals surface area contributed by atoms with Crippen LogP contribution in [0.1, 0.15) is 0 Å². The summed E-state index contributed by atoms with van der Waals surface area (Å²) in [7, 11) is 1.69. The van der Waals surface area contributed by atoms with Gasteiger partial charge < -0.3 is 4.74 Å². The molecule has 0 aliphatic carbocycles. The Morgan fingerprint density at radius 2 is 1.62 bits per heavy atom. The lowest BCUT2D eigenvalue weighted by molar-refractivity contribution is 0.185. The minimum atomic E-state index is 0.545. The molecule has 0 aliphatic heterocycles. The van der Waals surface area contributed by atoms with E-state index < -0.39 is 0 Å². The Morgan fingerprint density at radius 3 is 2.44 bits per heavy atom. The van der Waals surface area contributed by atoms with Crippen molar-refractivity contribution >= 4 is 22.7 Å². The predicted octanol–water partition coefficient (Wildman–Crippen LogP) is 4.75. The molecule has 0 bridgehead atoms. The Kier molecular flexibility index (Phi) is 5.87. The standard InChI is InChI=1S/C24H20N6OS/c1-31-16-15-30-22(18-11-13-25-14-12-18)28-29-24(30)32-23-19-9-5-6-10-20(19)26-21(27-23)17-7-3-2-4-8-17/h2-14H,15-16H2,1H3. The highest BCUT2D eigenvalue weighted by atomic mass is 32.2. The number of methoxy groups -OCH3 is 1. The lowest BCUT2D eigenvalue weighted by atomic mass is 10.2. The molecule has 5 aromatic rings. The van der Waals surface area contributed by atoms with E-state index in [0.29, 0.717) is 19.0 Å². The number of para-hydroxylation sites is 1. The lowest BCUT2D eigenvalue weighted by Gasteiger charge is -2.11. The van der Waals surface area contributed by atoms with Gasteiger partial charge in [-0.05, 0) is 30.0 Å². The maximum absolute atomic E-state index is 5.33. The molecule has 0 unspecified atom stereocenters. The quantitative estimate of drug-likeness (QED) is 0.338. The summed E-state index contributed by atoms with van der Waals surface area (Å²) >= 11 is 1.49.